The molecule has 0 unspecified atom stereocenters. The Kier molecular flexibility index (Phi) is 2.82. The molecule has 0 bridgehead atoms. The molecule has 0 atom stereocenters. The molecule has 0 aliphatic rings. The lowest BCUT2D eigenvalue weighted by Gasteiger charge is -2.00. The minimum Gasteiger partial charge on any atom is -0.451 e. The summed E-state index contributed by atoms with van der Waals surface area (Å²) < 4.78 is 5.43. The first-order valence-corrected chi connectivity index (χ1v) is 5.24. The number of Topliss-reactive ketones (excluding diaryl/α,β-unsaturated/α-hetero) is 1. The van der Waals surface area contributed by atoms with Gasteiger partial charge in [-0.2, -0.15) is 0 Å². The van der Waals surface area contributed by atoms with Crippen LogP contribution in [0, 0.1) is 0 Å². The van der Waals surface area contributed by atoms with Crippen LogP contribution in [0.25, 0.3) is 11.0 Å². The van der Waals surface area contributed by atoms with Crippen molar-refractivity contribution in [1.29, 1.82) is 0 Å². The van der Waals surface area contributed by atoms with Gasteiger partial charge in [0.15, 0.2) is 11.5 Å². The predicted octanol–water partition coefficient (Wildman–Crippen LogP) is 2.52. The highest BCUT2D eigenvalue weighted by Gasteiger charge is 2.19. The highest BCUT2D eigenvalue weighted by atomic mass is 16.3. The van der Waals surface area contributed by atoms with E-state index in [1.807, 2.05) is 0 Å². The smallest absolute Gasteiger partial charge is 0.316 e. The molecule has 0 spiro atoms. The van der Waals surface area contributed by atoms with Crippen molar-refractivity contribution in [2.24, 2.45) is 5.73 Å². The minimum absolute atomic E-state index is 0.146. The summed E-state index contributed by atoms with van der Waals surface area (Å²) in [5.74, 6) is -0.0301. The molecule has 88 valence electrons. The molecule has 1 aromatic heterocycles. The van der Waals surface area contributed by atoms with E-state index in [1.54, 1.807) is 31.2 Å². The predicted molar refractivity (Wildman–Crippen MR) is 64.0 cm³/mol. The third-order valence-electron chi connectivity index (χ3n) is 2.42. The average molecular weight is 232 g/mol. The molecule has 17 heavy (non-hydrogen) atoms. The van der Waals surface area contributed by atoms with Crippen molar-refractivity contribution in [2.75, 3.05) is 5.32 Å². The summed E-state index contributed by atoms with van der Waals surface area (Å²) in [5.41, 5.74) is 5.98. The van der Waals surface area contributed by atoms with Gasteiger partial charge in [0.1, 0.15) is 11.3 Å². The van der Waals surface area contributed by atoms with Crippen LogP contribution in [0.1, 0.15) is 23.9 Å². The average Bonchev–Trinajstić information content (AvgIpc) is 2.67. The number of ketones is 1. The Morgan fingerprint density at radius 3 is 2.71 bits per heavy atom. The van der Waals surface area contributed by atoms with Gasteiger partial charge in [-0.3, -0.25) is 4.79 Å². The normalized spacial score (nSPS) is 10.4. The first-order chi connectivity index (χ1) is 8.13. The van der Waals surface area contributed by atoms with Crippen LogP contribution in [0.3, 0.4) is 0 Å². The van der Waals surface area contributed by atoms with Crippen LogP contribution in [-0.4, -0.2) is 11.8 Å². The number of primary amides is 1. The van der Waals surface area contributed by atoms with E-state index in [1.165, 1.54) is 0 Å². The number of fused-ring (bicyclic) bond motifs is 1. The third kappa shape index (κ3) is 1.99. The highest BCUT2D eigenvalue weighted by molar-refractivity contribution is 6.10. The standard InChI is InChI=1S/C12H12N2O3/c1-2-8(15)11-10(14-12(13)16)7-5-3-4-6-9(7)17-11/h3-6H,2H2,1H3,(H3,13,14,16). The third-order valence-corrected chi connectivity index (χ3v) is 2.42. The number of para-hydroxylation sites is 1. The maximum absolute atomic E-state index is 11.7. The fourth-order valence-electron chi connectivity index (χ4n) is 1.65. The number of nitrogens with two attached hydrogens (primary N) is 1. The molecular formula is C12H12N2O3. The summed E-state index contributed by atoms with van der Waals surface area (Å²) in [5, 5.41) is 3.11. The zero-order valence-corrected chi connectivity index (χ0v) is 9.32. The summed E-state index contributed by atoms with van der Waals surface area (Å²) in [6, 6.07) is 6.36. The Balaban J connectivity index is 2.64. The van der Waals surface area contributed by atoms with Crippen LogP contribution in [-0.2, 0) is 0 Å². The van der Waals surface area contributed by atoms with Crippen molar-refractivity contribution in [3.05, 3.63) is 30.0 Å². The highest BCUT2D eigenvalue weighted by Crippen LogP contribution is 2.31. The Bertz CT molecular complexity index is 586. The summed E-state index contributed by atoms with van der Waals surface area (Å²) in [7, 11) is 0. The second-order valence-corrected chi connectivity index (χ2v) is 3.57. The number of furan rings is 1. The van der Waals surface area contributed by atoms with Gasteiger partial charge < -0.3 is 15.5 Å². The van der Waals surface area contributed by atoms with Gasteiger partial charge in [0, 0.05) is 11.8 Å². The molecule has 3 N–H and O–H groups in total. The molecule has 0 aliphatic carbocycles. The van der Waals surface area contributed by atoms with Crippen LogP contribution in [0.5, 0.6) is 0 Å². The number of amides is 2. The van der Waals surface area contributed by atoms with Gasteiger partial charge in [-0.1, -0.05) is 19.1 Å². The SMILES string of the molecule is CCC(=O)c1oc2ccccc2c1NC(N)=O. The van der Waals surface area contributed by atoms with Gasteiger partial charge in [0.05, 0.1) is 0 Å². The van der Waals surface area contributed by atoms with Crippen molar-refractivity contribution in [3.8, 4) is 0 Å². The van der Waals surface area contributed by atoms with Gasteiger partial charge in [-0.25, -0.2) is 4.79 Å². The number of anilines is 1. The van der Waals surface area contributed by atoms with E-state index in [9.17, 15) is 9.59 Å². The molecule has 5 heteroatoms. The van der Waals surface area contributed by atoms with E-state index in [4.69, 9.17) is 10.2 Å². The Morgan fingerprint density at radius 1 is 1.35 bits per heavy atom. The molecule has 2 amide bonds. The van der Waals surface area contributed by atoms with Crippen LogP contribution >= 0.6 is 0 Å². The Morgan fingerprint density at radius 2 is 2.06 bits per heavy atom. The Labute approximate surface area is 97.6 Å². The van der Waals surface area contributed by atoms with Gasteiger partial charge >= 0.3 is 6.03 Å². The first kappa shape index (κ1) is 11.2. The fourth-order valence-corrected chi connectivity index (χ4v) is 1.65. The molecular weight excluding hydrogens is 220 g/mol. The number of carbonyl (C=O) groups is 2. The van der Waals surface area contributed by atoms with Crippen LogP contribution in [0.2, 0.25) is 0 Å². The molecule has 1 aromatic carbocycles. The number of hydrogen-bond acceptors (Lipinski definition) is 3. The summed E-state index contributed by atoms with van der Waals surface area (Å²) in [4.78, 5) is 22.6. The zero-order chi connectivity index (χ0) is 12.4. The fraction of sp³-hybridized carbons (Fsp3) is 0.167. The quantitative estimate of drug-likeness (QED) is 0.797. The minimum atomic E-state index is -0.721. The molecule has 0 saturated heterocycles. The molecule has 5 nitrogen and oxygen atoms in total. The number of urea groups is 1. The molecule has 1 heterocycles. The second kappa shape index (κ2) is 4.29. The van der Waals surface area contributed by atoms with Gasteiger partial charge in [-0.05, 0) is 12.1 Å². The van der Waals surface area contributed by atoms with Crippen molar-refractivity contribution in [2.45, 2.75) is 13.3 Å². The molecule has 0 radical (unpaired) electrons. The molecule has 0 aliphatic heterocycles. The lowest BCUT2D eigenvalue weighted by molar-refractivity contribution is 0.0965. The number of hydrogen-bond donors (Lipinski definition) is 2. The number of rotatable bonds is 3. The van der Waals surface area contributed by atoms with Gasteiger partial charge in [-0.15, -0.1) is 0 Å². The van der Waals surface area contributed by atoms with E-state index in [0.717, 1.165) is 0 Å². The second-order valence-electron chi connectivity index (χ2n) is 3.57. The maximum atomic E-state index is 11.7. The largest absolute Gasteiger partial charge is 0.451 e. The van der Waals surface area contributed by atoms with Gasteiger partial charge in [0.2, 0.25) is 0 Å². The topological polar surface area (TPSA) is 85.3 Å². The molecule has 0 saturated carbocycles. The number of benzene rings is 1. The van der Waals surface area contributed by atoms with Crippen LogP contribution in [0.15, 0.2) is 28.7 Å². The monoisotopic (exact) mass is 232 g/mol. The van der Waals surface area contributed by atoms with E-state index in [2.05, 4.69) is 5.32 Å². The molecule has 0 fully saturated rings. The lowest BCUT2D eigenvalue weighted by Crippen LogP contribution is -2.20. The summed E-state index contributed by atoms with van der Waals surface area (Å²) >= 11 is 0. The molecule has 2 rings (SSSR count). The maximum Gasteiger partial charge on any atom is 0.316 e. The number of nitrogens with one attached hydrogen (secondary N) is 1. The van der Waals surface area contributed by atoms with Crippen LogP contribution in [0.4, 0.5) is 10.5 Å². The van der Waals surface area contributed by atoms with E-state index < -0.39 is 6.03 Å². The number of carbonyl (C=O) groups excluding carboxylic acids is 2. The van der Waals surface area contributed by atoms with Crippen LogP contribution < -0.4 is 11.1 Å². The van der Waals surface area contributed by atoms with E-state index in [0.29, 0.717) is 23.1 Å². The van der Waals surface area contributed by atoms with E-state index >= 15 is 0 Å². The van der Waals surface area contributed by atoms with Crippen molar-refractivity contribution < 1.29 is 14.0 Å². The van der Waals surface area contributed by atoms with E-state index in [-0.39, 0.29) is 11.5 Å². The molecule has 2 aromatic rings. The van der Waals surface area contributed by atoms with Crippen molar-refractivity contribution >= 4 is 28.5 Å². The summed E-state index contributed by atoms with van der Waals surface area (Å²) in [6.07, 6.45) is 0.299. The lowest BCUT2D eigenvalue weighted by atomic mass is 10.1. The zero-order valence-electron chi connectivity index (χ0n) is 9.32. The summed E-state index contributed by atoms with van der Waals surface area (Å²) in [6.45, 7) is 1.73. The first-order valence-electron chi connectivity index (χ1n) is 5.24. The van der Waals surface area contributed by atoms with Crippen molar-refractivity contribution in [1.82, 2.24) is 0 Å². The van der Waals surface area contributed by atoms with Crippen molar-refractivity contribution in [3.63, 3.8) is 0 Å². The Hall–Kier alpha value is -2.30. The van der Waals surface area contributed by atoms with Gasteiger partial charge in [0.25, 0.3) is 0 Å².